The molecule has 1 saturated carbocycles. The molecule has 3 rings (SSSR count). The van der Waals surface area contributed by atoms with Crippen molar-refractivity contribution in [2.75, 3.05) is 32.8 Å². The predicted molar refractivity (Wildman–Crippen MR) is 78.4 cm³/mol. The van der Waals surface area contributed by atoms with Crippen LogP contribution in [0.15, 0.2) is 0 Å². The van der Waals surface area contributed by atoms with Gasteiger partial charge in [0.2, 0.25) is 0 Å². The molecule has 3 heteroatoms. The van der Waals surface area contributed by atoms with Gasteiger partial charge in [0.05, 0.1) is 6.61 Å². The van der Waals surface area contributed by atoms with Crippen molar-refractivity contribution in [2.45, 2.75) is 63.5 Å². The van der Waals surface area contributed by atoms with Crippen molar-refractivity contribution in [2.24, 2.45) is 5.92 Å². The van der Waals surface area contributed by atoms with Gasteiger partial charge in [0, 0.05) is 37.8 Å². The van der Waals surface area contributed by atoms with Gasteiger partial charge in [0.25, 0.3) is 0 Å². The van der Waals surface area contributed by atoms with Gasteiger partial charge in [0.15, 0.2) is 0 Å². The summed E-state index contributed by atoms with van der Waals surface area (Å²) in [5.74, 6) is 0.773. The van der Waals surface area contributed by atoms with Crippen LogP contribution in [0.5, 0.6) is 0 Å². The van der Waals surface area contributed by atoms with E-state index < -0.39 is 0 Å². The zero-order valence-electron chi connectivity index (χ0n) is 12.5. The van der Waals surface area contributed by atoms with Crippen molar-refractivity contribution in [3.63, 3.8) is 0 Å². The fraction of sp³-hybridized carbons (Fsp3) is 1.00. The quantitative estimate of drug-likeness (QED) is 0.830. The molecule has 3 nitrogen and oxygen atoms in total. The highest BCUT2D eigenvalue weighted by atomic mass is 16.5. The van der Waals surface area contributed by atoms with Gasteiger partial charge in [0.1, 0.15) is 0 Å². The van der Waals surface area contributed by atoms with Crippen LogP contribution in [0.4, 0.5) is 0 Å². The molecule has 1 N–H and O–H groups in total. The van der Waals surface area contributed by atoms with Gasteiger partial charge in [-0.2, -0.15) is 0 Å². The SMILES string of the molecule is CC1CNC2(CCCCC2)CN1CC1CCCOC1. The van der Waals surface area contributed by atoms with Crippen LogP contribution in [0.2, 0.25) is 0 Å². The van der Waals surface area contributed by atoms with Gasteiger partial charge >= 0.3 is 0 Å². The van der Waals surface area contributed by atoms with Gasteiger partial charge in [-0.1, -0.05) is 19.3 Å². The lowest BCUT2D eigenvalue weighted by Gasteiger charge is -2.50. The topological polar surface area (TPSA) is 24.5 Å². The van der Waals surface area contributed by atoms with E-state index in [9.17, 15) is 0 Å². The third-order valence-corrected chi connectivity index (χ3v) is 5.46. The number of nitrogens with one attached hydrogen (secondary N) is 1. The Bertz CT molecular complexity index is 282. The maximum Gasteiger partial charge on any atom is 0.0506 e. The van der Waals surface area contributed by atoms with Crippen molar-refractivity contribution in [1.29, 1.82) is 0 Å². The summed E-state index contributed by atoms with van der Waals surface area (Å²) in [6.45, 7) is 8.05. The molecule has 0 bridgehead atoms. The third kappa shape index (κ3) is 3.32. The van der Waals surface area contributed by atoms with Gasteiger partial charge in [-0.05, 0) is 38.5 Å². The largest absolute Gasteiger partial charge is 0.381 e. The van der Waals surface area contributed by atoms with E-state index in [4.69, 9.17) is 4.74 Å². The summed E-state index contributed by atoms with van der Waals surface area (Å²) in [7, 11) is 0. The zero-order chi connectivity index (χ0) is 13.1. The fourth-order valence-electron chi connectivity index (χ4n) is 4.18. The minimum Gasteiger partial charge on any atom is -0.381 e. The molecule has 0 radical (unpaired) electrons. The average molecular weight is 266 g/mol. The monoisotopic (exact) mass is 266 g/mol. The van der Waals surface area contributed by atoms with E-state index in [1.165, 1.54) is 64.6 Å². The highest BCUT2D eigenvalue weighted by Gasteiger charge is 2.39. The molecule has 110 valence electrons. The Hall–Kier alpha value is -0.120. The van der Waals surface area contributed by atoms with Crippen LogP contribution in [0.1, 0.15) is 51.9 Å². The van der Waals surface area contributed by atoms with E-state index in [2.05, 4.69) is 17.1 Å². The highest BCUT2D eigenvalue weighted by Crippen LogP contribution is 2.32. The van der Waals surface area contributed by atoms with Crippen LogP contribution in [0, 0.1) is 5.92 Å². The molecular formula is C16H30N2O. The summed E-state index contributed by atoms with van der Waals surface area (Å²) in [6.07, 6.45) is 9.67. The average Bonchev–Trinajstić information content (AvgIpc) is 2.45. The van der Waals surface area contributed by atoms with E-state index >= 15 is 0 Å². The number of nitrogens with zero attached hydrogens (tertiary/aromatic N) is 1. The Kier molecular flexibility index (Phi) is 4.45. The molecule has 0 aromatic rings. The molecule has 1 aliphatic carbocycles. The van der Waals surface area contributed by atoms with Crippen LogP contribution < -0.4 is 5.32 Å². The first-order chi connectivity index (χ1) is 9.27. The number of ether oxygens (including phenoxy) is 1. The molecule has 0 aromatic heterocycles. The first kappa shape index (κ1) is 13.8. The summed E-state index contributed by atoms with van der Waals surface area (Å²) < 4.78 is 5.65. The summed E-state index contributed by atoms with van der Waals surface area (Å²) in [4.78, 5) is 2.75. The third-order valence-electron chi connectivity index (χ3n) is 5.46. The molecule has 2 aliphatic heterocycles. The summed E-state index contributed by atoms with van der Waals surface area (Å²) in [6, 6.07) is 0.689. The highest BCUT2D eigenvalue weighted by molar-refractivity contribution is 4.99. The van der Waals surface area contributed by atoms with E-state index in [1.54, 1.807) is 0 Å². The second-order valence-electron chi connectivity index (χ2n) is 7.08. The standard InChI is InChI=1S/C16H30N2O/c1-14-10-17-16(7-3-2-4-8-16)13-18(14)11-15-6-5-9-19-12-15/h14-15,17H,2-13H2,1H3. The Morgan fingerprint density at radius 1 is 1.21 bits per heavy atom. The molecule has 0 aromatic carbocycles. The van der Waals surface area contributed by atoms with Gasteiger partial charge in [-0.3, -0.25) is 4.90 Å². The van der Waals surface area contributed by atoms with Gasteiger partial charge in [-0.25, -0.2) is 0 Å². The zero-order valence-corrected chi connectivity index (χ0v) is 12.5. The van der Waals surface area contributed by atoms with E-state index in [-0.39, 0.29) is 0 Å². The smallest absolute Gasteiger partial charge is 0.0506 e. The molecule has 2 atom stereocenters. The lowest BCUT2D eigenvalue weighted by Crippen LogP contribution is -2.64. The second-order valence-corrected chi connectivity index (χ2v) is 7.08. The van der Waals surface area contributed by atoms with Gasteiger partial charge in [-0.15, -0.1) is 0 Å². The van der Waals surface area contributed by atoms with Crippen LogP contribution in [-0.2, 0) is 4.74 Å². The molecule has 2 heterocycles. The summed E-state index contributed by atoms with van der Waals surface area (Å²) in [5.41, 5.74) is 0.445. The van der Waals surface area contributed by atoms with Crippen molar-refractivity contribution in [1.82, 2.24) is 10.2 Å². The molecule has 2 unspecified atom stereocenters. The first-order valence-corrected chi connectivity index (χ1v) is 8.34. The van der Waals surface area contributed by atoms with Crippen molar-refractivity contribution < 1.29 is 4.74 Å². The summed E-state index contributed by atoms with van der Waals surface area (Å²) >= 11 is 0. The van der Waals surface area contributed by atoms with Gasteiger partial charge < -0.3 is 10.1 Å². The molecule has 2 saturated heterocycles. The predicted octanol–water partition coefficient (Wildman–Crippen LogP) is 2.41. The number of hydrogen-bond donors (Lipinski definition) is 1. The number of piperazine rings is 1. The van der Waals surface area contributed by atoms with E-state index in [1.807, 2.05) is 0 Å². The molecule has 3 aliphatic rings. The van der Waals surface area contributed by atoms with Crippen LogP contribution in [-0.4, -0.2) is 49.3 Å². The fourth-order valence-corrected chi connectivity index (χ4v) is 4.18. The van der Waals surface area contributed by atoms with Crippen LogP contribution in [0.25, 0.3) is 0 Å². The Morgan fingerprint density at radius 3 is 2.79 bits per heavy atom. The minimum absolute atomic E-state index is 0.445. The Labute approximate surface area is 118 Å². The molecule has 1 spiro atoms. The molecule has 19 heavy (non-hydrogen) atoms. The Balaban J connectivity index is 1.58. The minimum atomic E-state index is 0.445. The Morgan fingerprint density at radius 2 is 2.05 bits per heavy atom. The van der Waals surface area contributed by atoms with Crippen molar-refractivity contribution in [3.8, 4) is 0 Å². The van der Waals surface area contributed by atoms with E-state index in [0.717, 1.165) is 19.1 Å². The lowest BCUT2D eigenvalue weighted by atomic mass is 9.79. The second kappa shape index (κ2) is 6.11. The van der Waals surface area contributed by atoms with Crippen LogP contribution in [0.3, 0.4) is 0 Å². The molecule has 3 fully saturated rings. The summed E-state index contributed by atoms with van der Waals surface area (Å²) in [5, 5.41) is 3.88. The lowest BCUT2D eigenvalue weighted by molar-refractivity contribution is 0.00627. The number of rotatable bonds is 2. The first-order valence-electron chi connectivity index (χ1n) is 8.34. The molecular weight excluding hydrogens is 236 g/mol. The number of hydrogen-bond acceptors (Lipinski definition) is 3. The van der Waals surface area contributed by atoms with Crippen molar-refractivity contribution >= 4 is 0 Å². The maximum absolute atomic E-state index is 5.65. The normalized spacial score (nSPS) is 36.5. The van der Waals surface area contributed by atoms with E-state index in [0.29, 0.717) is 11.6 Å². The maximum atomic E-state index is 5.65. The molecule has 0 amide bonds. The van der Waals surface area contributed by atoms with Crippen molar-refractivity contribution in [3.05, 3.63) is 0 Å². The van der Waals surface area contributed by atoms with Crippen LogP contribution >= 0.6 is 0 Å².